The zero-order chi connectivity index (χ0) is 22.4. The first-order valence-corrected chi connectivity index (χ1v) is 11.7. The number of amides is 2. The number of halogens is 3. The second kappa shape index (κ2) is 10.4. The summed E-state index contributed by atoms with van der Waals surface area (Å²) in [6.07, 6.45) is -1.38. The third-order valence-corrected chi connectivity index (χ3v) is 6.86. The predicted molar refractivity (Wildman–Crippen MR) is 111 cm³/mol. The van der Waals surface area contributed by atoms with Crippen LogP contribution in [0, 0.1) is 0 Å². The van der Waals surface area contributed by atoms with Gasteiger partial charge in [0.25, 0.3) is 0 Å². The standard InChI is InChI=1S/C18H23F3N6O2S2/c1-2-4-12(28)22-16-26-24-14(30-16)10-5-3-6-11(9-10)15-25-27-17(31-15)23-13(29)7-8-18(19,20)21/h10-11H,2-9H2,1H3,(H,22,26,28)(H,23,27,29)/t10-,11-/m1/s1. The highest BCUT2D eigenvalue weighted by Crippen LogP contribution is 2.43. The van der Waals surface area contributed by atoms with E-state index in [-0.39, 0.29) is 22.9 Å². The first kappa shape index (κ1) is 23.5. The molecule has 3 rings (SSSR count). The van der Waals surface area contributed by atoms with Crippen LogP contribution in [0.1, 0.15) is 80.1 Å². The van der Waals surface area contributed by atoms with Crippen LogP contribution in [0.2, 0.25) is 0 Å². The van der Waals surface area contributed by atoms with Gasteiger partial charge in [-0.3, -0.25) is 9.59 Å². The van der Waals surface area contributed by atoms with Crippen molar-refractivity contribution in [2.45, 2.75) is 76.3 Å². The number of aromatic nitrogens is 4. The Hall–Kier alpha value is -2.15. The highest BCUT2D eigenvalue weighted by atomic mass is 32.1. The van der Waals surface area contributed by atoms with Gasteiger partial charge in [-0.2, -0.15) is 13.2 Å². The summed E-state index contributed by atoms with van der Waals surface area (Å²) in [6, 6.07) is 0. The Morgan fingerprint density at radius 1 is 0.935 bits per heavy atom. The lowest BCUT2D eigenvalue weighted by Crippen LogP contribution is -2.16. The molecule has 8 nitrogen and oxygen atoms in total. The summed E-state index contributed by atoms with van der Waals surface area (Å²) in [6.45, 7) is 1.93. The maximum Gasteiger partial charge on any atom is 0.389 e. The fourth-order valence-corrected chi connectivity index (χ4v) is 5.20. The van der Waals surface area contributed by atoms with Crippen molar-refractivity contribution in [3.8, 4) is 0 Å². The van der Waals surface area contributed by atoms with E-state index in [0.29, 0.717) is 11.6 Å². The molecule has 0 radical (unpaired) electrons. The van der Waals surface area contributed by atoms with Crippen molar-refractivity contribution in [3.63, 3.8) is 0 Å². The number of rotatable bonds is 8. The van der Waals surface area contributed by atoms with Crippen LogP contribution in [0.25, 0.3) is 0 Å². The molecule has 1 fully saturated rings. The van der Waals surface area contributed by atoms with E-state index in [2.05, 4.69) is 31.0 Å². The van der Waals surface area contributed by atoms with Gasteiger partial charge in [0.15, 0.2) is 0 Å². The van der Waals surface area contributed by atoms with Gasteiger partial charge in [0, 0.05) is 24.7 Å². The molecule has 0 saturated heterocycles. The van der Waals surface area contributed by atoms with Crippen LogP contribution < -0.4 is 10.6 Å². The molecule has 2 heterocycles. The molecule has 2 N–H and O–H groups in total. The van der Waals surface area contributed by atoms with Gasteiger partial charge < -0.3 is 10.6 Å². The van der Waals surface area contributed by atoms with E-state index < -0.39 is 24.9 Å². The number of carbonyl (C=O) groups is 2. The molecule has 0 bridgehead atoms. The fraction of sp³-hybridized carbons (Fsp3) is 0.667. The van der Waals surface area contributed by atoms with Crippen molar-refractivity contribution < 1.29 is 22.8 Å². The summed E-state index contributed by atoms with van der Waals surface area (Å²) >= 11 is 2.57. The Bertz CT molecular complexity index is 901. The maximum atomic E-state index is 12.2. The molecule has 2 amide bonds. The zero-order valence-corrected chi connectivity index (χ0v) is 18.5. The van der Waals surface area contributed by atoms with Gasteiger partial charge in [0.2, 0.25) is 22.1 Å². The van der Waals surface area contributed by atoms with E-state index >= 15 is 0 Å². The average Bonchev–Trinajstić information content (AvgIpc) is 3.36. The number of nitrogens with zero attached hydrogens (tertiary/aromatic N) is 4. The summed E-state index contributed by atoms with van der Waals surface area (Å²) in [5, 5.41) is 23.8. The van der Waals surface area contributed by atoms with Crippen molar-refractivity contribution in [1.29, 1.82) is 0 Å². The fourth-order valence-electron chi connectivity index (χ4n) is 3.38. The van der Waals surface area contributed by atoms with Gasteiger partial charge in [-0.25, -0.2) is 0 Å². The molecule has 0 aromatic carbocycles. The molecule has 170 valence electrons. The quantitative estimate of drug-likeness (QED) is 0.564. The number of anilines is 2. The molecule has 31 heavy (non-hydrogen) atoms. The number of carbonyl (C=O) groups excluding carboxylic acids is 2. The van der Waals surface area contributed by atoms with E-state index in [1.54, 1.807) is 0 Å². The number of hydrogen-bond acceptors (Lipinski definition) is 8. The van der Waals surface area contributed by atoms with Crippen molar-refractivity contribution in [3.05, 3.63) is 10.0 Å². The normalized spacial score (nSPS) is 19.2. The summed E-state index contributed by atoms with van der Waals surface area (Å²) in [7, 11) is 0. The van der Waals surface area contributed by atoms with E-state index in [0.717, 1.165) is 42.1 Å². The van der Waals surface area contributed by atoms with Crippen LogP contribution in [0.15, 0.2) is 0 Å². The number of alkyl halides is 3. The van der Waals surface area contributed by atoms with E-state index in [1.807, 2.05) is 6.92 Å². The van der Waals surface area contributed by atoms with Gasteiger partial charge in [-0.15, -0.1) is 20.4 Å². The second-order valence-corrected chi connectivity index (χ2v) is 9.43. The van der Waals surface area contributed by atoms with Crippen LogP contribution in [0.3, 0.4) is 0 Å². The van der Waals surface area contributed by atoms with Gasteiger partial charge in [-0.05, 0) is 25.7 Å². The van der Waals surface area contributed by atoms with E-state index in [4.69, 9.17) is 0 Å². The van der Waals surface area contributed by atoms with Crippen molar-refractivity contribution in [2.24, 2.45) is 0 Å². The first-order chi connectivity index (χ1) is 14.7. The zero-order valence-electron chi connectivity index (χ0n) is 16.9. The summed E-state index contributed by atoms with van der Waals surface area (Å²) in [4.78, 5) is 23.4. The molecular formula is C18H23F3N6O2S2. The lowest BCUT2D eigenvalue weighted by molar-refractivity contribution is -0.142. The monoisotopic (exact) mass is 476 g/mol. The number of nitrogens with one attached hydrogen (secondary N) is 2. The molecule has 0 aliphatic heterocycles. The SMILES string of the molecule is CCCC(=O)Nc1nnc([C@@H]2CCC[C@@H](c3nnc(NC(=O)CCC(F)(F)F)s3)C2)s1. The third-order valence-electron chi connectivity index (χ3n) is 4.86. The summed E-state index contributed by atoms with van der Waals surface area (Å²) in [5.41, 5.74) is 0. The summed E-state index contributed by atoms with van der Waals surface area (Å²) < 4.78 is 36.7. The van der Waals surface area contributed by atoms with Crippen molar-refractivity contribution in [2.75, 3.05) is 10.6 Å². The Morgan fingerprint density at radius 2 is 1.45 bits per heavy atom. The van der Waals surface area contributed by atoms with Gasteiger partial charge >= 0.3 is 6.18 Å². The predicted octanol–water partition coefficient (Wildman–Crippen LogP) is 4.85. The molecule has 1 aliphatic carbocycles. The molecule has 0 spiro atoms. The topological polar surface area (TPSA) is 110 Å². The van der Waals surface area contributed by atoms with Crippen molar-refractivity contribution >= 4 is 44.8 Å². The van der Waals surface area contributed by atoms with E-state index in [9.17, 15) is 22.8 Å². The van der Waals surface area contributed by atoms with Gasteiger partial charge in [0.05, 0.1) is 6.42 Å². The molecule has 13 heteroatoms. The minimum Gasteiger partial charge on any atom is -0.301 e. The summed E-state index contributed by atoms with van der Waals surface area (Å²) in [5.74, 6) is -0.501. The van der Waals surface area contributed by atoms with Gasteiger partial charge in [0.1, 0.15) is 10.0 Å². The minimum absolute atomic E-state index is 0.0783. The van der Waals surface area contributed by atoms with Crippen LogP contribution >= 0.6 is 22.7 Å². The largest absolute Gasteiger partial charge is 0.389 e. The Kier molecular flexibility index (Phi) is 7.92. The molecule has 1 saturated carbocycles. The lowest BCUT2D eigenvalue weighted by atomic mass is 9.82. The molecule has 2 aromatic rings. The van der Waals surface area contributed by atoms with Crippen molar-refractivity contribution in [1.82, 2.24) is 20.4 Å². The smallest absolute Gasteiger partial charge is 0.301 e. The van der Waals surface area contributed by atoms with Crippen LogP contribution in [0.4, 0.5) is 23.4 Å². The molecule has 2 atom stereocenters. The molecule has 0 unspecified atom stereocenters. The van der Waals surface area contributed by atoms with E-state index in [1.165, 1.54) is 22.7 Å². The maximum absolute atomic E-state index is 12.2. The highest BCUT2D eigenvalue weighted by Gasteiger charge is 2.30. The minimum atomic E-state index is -4.37. The van der Waals surface area contributed by atoms with Crippen LogP contribution in [-0.2, 0) is 9.59 Å². The lowest BCUT2D eigenvalue weighted by Gasteiger charge is -2.25. The van der Waals surface area contributed by atoms with Gasteiger partial charge in [-0.1, -0.05) is 36.0 Å². The first-order valence-electron chi connectivity index (χ1n) is 10.1. The molecule has 1 aliphatic rings. The Balaban J connectivity index is 1.56. The third kappa shape index (κ3) is 7.20. The Labute approximate surface area is 185 Å². The Morgan fingerprint density at radius 3 is 1.94 bits per heavy atom. The molecule has 2 aromatic heterocycles. The number of hydrogen-bond donors (Lipinski definition) is 2. The second-order valence-electron chi connectivity index (χ2n) is 7.41. The highest BCUT2D eigenvalue weighted by molar-refractivity contribution is 7.15. The molecular weight excluding hydrogens is 453 g/mol. The van der Waals surface area contributed by atoms with Crippen LogP contribution in [0.5, 0.6) is 0 Å². The average molecular weight is 477 g/mol. The van der Waals surface area contributed by atoms with Crippen LogP contribution in [-0.4, -0.2) is 38.4 Å².